The van der Waals surface area contributed by atoms with Crippen molar-refractivity contribution in [2.24, 2.45) is 5.92 Å². The summed E-state index contributed by atoms with van der Waals surface area (Å²) in [7, 11) is 1.67. The molecule has 0 spiro atoms. The Morgan fingerprint density at radius 3 is 2.58 bits per heavy atom. The van der Waals surface area contributed by atoms with E-state index in [1.807, 2.05) is 43.0 Å². The monoisotopic (exact) mass is 444 g/mol. The Labute approximate surface area is 191 Å². The number of nitrogens with one attached hydrogen (secondary N) is 2. The van der Waals surface area contributed by atoms with E-state index in [4.69, 9.17) is 9.47 Å². The SMILES string of the molecule is CC(C)CNc1cccc2c1C(=O)NC2.CCOc1cc(C(C)CSC)ccc1OC. The van der Waals surface area contributed by atoms with E-state index < -0.39 is 0 Å². The Kier molecular flexibility index (Phi) is 10.0. The third-order valence-corrected chi connectivity index (χ3v) is 5.82. The summed E-state index contributed by atoms with van der Waals surface area (Å²) >= 11 is 1.86. The number of ether oxygens (including phenoxy) is 2. The number of hydrogen-bond donors (Lipinski definition) is 2. The van der Waals surface area contributed by atoms with Crippen LogP contribution in [0, 0.1) is 5.92 Å². The van der Waals surface area contributed by atoms with Crippen molar-refractivity contribution in [3.63, 3.8) is 0 Å². The molecule has 6 heteroatoms. The minimum atomic E-state index is 0.0388. The van der Waals surface area contributed by atoms with Crippen molar-refractivity contribution < 1.29 is 14.3 Å². The highest BCUT2D eigenvalue weighted by atomic mass is 32.2. The van der Waals surface area contributed by atoms with E-state index in [-0.39, 0.29) is 5.91 Å². The molecule has 0 bridgehead atoms. The van der Waals surface area contributed by atoms with Crippen molar-refractivity contribution in [1.29, 1.82) is 0 Å². The molecule has 170 valence electrons. The van der Waals surface area contributed by atoms with E-state index in [0.29, 0.717) is 25.0 Å². The van der Waals surface area contributed by atoms with E-state index in [1.54, 1.807) is 7.11 Å². The van der Waals surface area contributed by atoms with Crippen LogP contribution in [-0.2, 0) is 6.54 Å². The summed E-state index contributed by atoms with van der Waals surface area (Å²) in [5.74, 6) is 3.93. The van der Waals surface area contributed by atoms with Crippen LogP contribution in [0.3, 0.4) is 0 Å². The lowest BCUT2D eigenvalue weighted by atomic mass is 10.0. The second kappa shape index (κ2) is 12.5. The molecule has 0 radical (unpaired) electrons. The summed E-state index contributed by atoms with van der Waals surface area (Å²) in [5.41, 5.74) is 4.17. The Hall–Kier alpha value is -2.34. The van der Waals surface area contributed by atoms with Gasteiger partial charge in [-0.2, -0.15) is 11.8 Å². The predicted molar refractivity (Wildman–Crippen MR) is 132 cm³/mol. The first-order valence-electron chi connectivity index (χ1n) is 10.8. The first-order chi connectivity index (χ1) is 14.9. The van der Waals surface area contributed by atoms with Gasteiger partial charge in [0, 0.05) is 18.8 Å². The summed E-state index contributed by atoms with van der Waals surface area (Å²) in [6.07, 6.45) is 2.13. The molecule has 1 heterocycles. The molecular formula is C25H36N2O3S. The third-order valence-electron chi connectivity index (χ3n) is 4.99. The molecular weight excluding hydrogens is 408 g/mol. The molecule has 1 atom stereocenters. The molecule has 2 N–H and O–H groups in total. The fourth-order valence-electron chi connectivity index (χ4n) is 3.36. The summed E-state index contributed by atoms with van der Waals surface area (Å²) in [6.45, 7) is 10.7. The highest BCUT2D eigenvalue weighted by molar-refractivity contribution is 7.98. The van der Waals surface area contributed by atoms with Gasteiger partial charge in [-0.1, -0.05) is 39.0 Å². The lowest BCUT2D eigenvalue weighted by molar-refractivity contribution is 0.0966. The zero-order valence-electron chi connectivity index (χ0n) is 19.6. The van der Waals surface area contributed by atoms with Gasteiger partial charge in [0.15, 0.2) is 11.5 Å². The number of rotatable bonds is 9. The number of carbonyl (C=O) groups is 1. The van der Waals surface area contributed by atoms with Crippen molar-refractivity contribution in [3.05, 3.63) is 53.1 Å². The van der Waals surface area contributed by atoms with Gasteiger partial charge in [-0.25, -0.2) is 0 Å². The van der Waals surface area contributed by atoms with Crippen molar-refractivity contribution >= 4 is 23.4 Å². The van der Waals surface area contributed by atoms with Gasteiger partial charge >= 0.3 is 0 Å². The van der Waals surface area contributed by atoms with Crippen LogP contribution in [0.4, 0.5) is 5.69 Å². The standard InChI is InChI=1S/C13H20O2S.C12H16N2O/c1-5-15-13-8-11(10(2)9-16-4)6-7-12(13)14-3;1-8(2)6-13-10-5-3-4-9-7-14-12(15)11(9)10/h6-8,10H,5,9H2,1-4H3;3-5,8,13H,6-7H2,1-2H3,(H,14,15). The average Bonchev–Trinajstić information content (AvgIpc) is 3.14. The van der Waals surface area contributed by atoms with Gasteiger partial charge in [-0.15, -0.1) is 0 Å². The topological polar surface area (TPSA) is 59.6 Å². The first kappa shape index (κ1) is 24.9. The Balaban J connectivity index is 0.000000220. The molecule has 5 nitrogen and oxygen atoms in total. The van der Waals surface area contributed by atoms with Crippen LogP contribution in [0.2, 0.25) is 0 Å². The predicted octanol–water partition coefficient (Wildman–Crippen LogP) is 5.56. The van der Waals surface area contributed by atoms with Gasteiger partial charge in [0.25, 0.3) is 5.91 Å². The molecule has 31 heavy (non-hydrogen) atoms. The zero-order chi connectivity index (χ0) is 22.8. The van der Waals surface area contributed by atoms with Gasteiger partial charge in [0.05, 0.1) is 19.3 Å². The molecule has 1 unspecified atom stereocenters. The molecule has 0 aliphatic carbocycles. The lowest BCUT2D eigenvalue weighted by Crippen LogP contribution is -2.15. The second-order valence-electron chi connectivity index (χ2n) is 8.00. The molecule has 2 aromatic carbocycles. The largest absolute Gasteiger partial charge is 0.493 e. The van der Waals surface area contributed by atoms with Gasteiger partial charge in [-0.05, 0) is 60.1 Å². The summed E-state index contributed by atoms with van der Waals surface area (Å²) in [5, 5.41) is 6.15. The van der Waals surface area contributed by atoms with Crippen molar-refractivity contribution in [1.82, 2.24) is 5.32 Å². The number of fused-ring (bicyclic) bond motifs is 1. The number of thioether (sulfide) groups is 1. The molecule has 1 aliphatic heterocycles. The minimum Gasteiger partial charge on any atom is -0.493 e. The van der Waals surface area contributed by atoms with E-state index in [1.165, 1.54) is 5.56 Å². The van der Waals surface area contributed by atoms with Crippen LogP contribution >= 0.6 is 11.8 Å². The number of amides is 1. The lowest BCUT2D eigenvalue weighted by Gasteiger charge is -2.14. The van der Waals surface area contributed by atoms with Gasteiger partial charge in [0.1, 0.15) is 0 Å². The molecule has 1 aliphatic rings. The third kappa shape index (κ3) is 7.10. The second-order valence-corrected chi connectivity index (χ2v) is 8.91. The number of hydrogen-bond acceptors (Lipinski definition) is 5. The normalized spacial score (nSPS) is 13.1. The summed E-state index contributed by atoms with van der Waals surface area (Å²) in [4.78, 5) is 11.6. The highest BCUT2D eigenvalue weighted by Crippen LogP contribution is 2.31. The fourth-order valence-corrected chi connectivity index (χ4v) is 4.05. The summed E-state index contributed by atoms with van der Waals surface area (Å²) < 4.78 is 10.8. The van der Waals surface area contributed by atoms with Crippen molar-refractivity contribution in [2.45, 2.75) is 40.2 Å². The average molecular weight is 445 g/mol. The maximum atomic E-state index is 11.6. The summed E-state index contributed by atoms with van der Waals surface area (Å²) in [6, 6.07) is 12.1. The van der Waals surface area contributed by atoms with Crippen LogP contribution in [0.15, 0.2) is 36.4 Å². The van der Waals surface area contributed by atoms with E-state index in [0.717, 1.165) is 40.6 Å². The van der Waals surface area contributed by atoms with Gasteiger partial charge in [-0.3, -0.25) is 4.79 Å². The van der Waals surface area contributed by atoms with Crippen LogP contribution < -0.4 is 20.1 Å². The molecule has 0 saturated carbocycles. The maximum absolute atomic E-state index is 11.6. The zero-order valence-corrected chi connectivity index (χ0v) is 20.4. The number of carbonyl (C=O) groups excluding carboxylic acids is 1. The molecule has 3 rings (SSSR count). The van der Waals surface area contributed by atoms with Crippen molar-refractivity contribution in [3.8, 4) is 11.5 Å². The van der Waals surface area contributed by atoms with E-state index >= 15 is 0 Å². The Morgan fingerprint density at radius 1 is 1.16 bits per heavy atom. The molecule has 0 saturated heterocycles. The number of anilines is 1. The molecule has 0 fully saturated rings. The van der Waals surface area contributed by atoms with E-state index in [2.05, 4.69) is 49.8 Å². The maximum Gasteiger partial charge on any atom is 0.253 e. The van der Waals surface area contributed by atoms with Gasteiger partial charge in [0.2, 0.25) is 0 Å². The Bertz CT molecular complexity index is 855. The van der Waals surface area contributed by atoms with Crippen LogP contribution in [0.25, 0.3) is 0 Å². The highest BCUT2D eigenvalue weighted by Gasteiger charge is 2.21. The van der Waals surface area contributed by atoms with Crippen LogP contribution in [0.1, 0.15) is 55.1 Å². The molecule has 1 amide bonds. The molecule has 0 aromatic heterocycles. The van der Waals surface area contributed by atoms with Crippen molar-refractivity contribution in [2.75, 3.05) is 37.6 Å². The van der Waals surface area contributed by atoms with E-state index in [9.17, 15) is 4.79 Å². The fraction of sp³-hybridized carbons (Fsp3) is 0.480. The quantitative estimate of drug-likeness (QED) is 0.530. The number of benzene rings is 2. The van der Waals surface area contributed by atoms with Crippen LogP contribution in [0.5, 0.6) is 11.5 Å². The smallest absolute Gasteiger partial charge is 0.253 e. The number of methoxy groups -OCH3 is 1. The Morgan fingerprint density at radius 2 is 1.94 bits per heavy atom. The molecule has 2 aromatic rings. The first-order valence-corrected chi connectivity index (χ1v) is 12.2. The minimum absolute atomic E-state index is 0.0388. The van der Waals surface area contributed by atoms with Gasteiger partial charge < -0.3 is 20.1 Å². The van der Waals surface area contributed by atoms with Crippen LogP contribution in [-0.4, -0.2) is 38.2 Å².